The van der Waals surface area contributed by atoms with Gasteiger partial charge in [0.25, 0.3) is 0 Å². The third-order valence-electron chi connectivity index (χ3n) is 1.92. The summed E-state index contributed by atoms with van der Waals surface area (Å²) in [7, 11) is 0. The van der Waals surface area contributed by atoms with E-state index in [1.54, 1.807) is 17.3 Å². The lowest BCUT2D eigenvalue weighted by Crippen LogP contribution is -2.36. The number of carbonyl (C=O) groups is 1. The van der Waals surface area contributed by atoms with Crippen molar-refractivity contribution in [3.05, 3.63) is 47.3 Å². The Morgan fingerprint density at radius 3 is 2.94 bits per heavy atom. The van der Waals surface area contributed by atoms with E-state index in [0.717, 1.165) is 12.1 Å². The van der Waals surface area contributed by atoms with E-state index in [4.69, 9.17) is 11.6 Å². The highest BCUT2D eigenvalue weighted by Gasteiger charge is 2.07. The minimum atomic E-state index is -0.109. The highest BCUT2D eigenvalue weighted by molar-refractivity contribution is 6.31. The van der Waals surface area contributed by atoms with E-state index < -0.39 is 0 Å². The van der Waals surface area contributed by atoms with Gasteiger partial charge in [-0.05, 0) is 25.2 Å². The molecular weight excluding hydrogens is 224 g/mol. The average molecular weight is 239 g/mol. The molecule has 0 aliphatic heterocycles. The van der Waals surface area contributed by atoms with Gasteiger partial charge in [0.2, 0.25) is 5.91 Å². The van der Waals surface area contributed by atoms with Crippen molar-refractivity contribution in [3.63, 3.8) is 0 Å². The number of hydrogen-bond acceptors (Lipinski definition) is 2. The van der Waals surface area contributed by atoms with Crippen LogP contribution in [-0.4, -0.2) is 10.9 Å². The Bertz CT molecular complexity index is 380. The molecule has 0 fully saturated rings. The van der Waals surface area contributed by atoms with Gasteiger partial charge in [-0.25, -0.2) is 0 Å². The molecule has 4 heteroatoms. The first-order valence-electron chi connectivity index (χ1n) is 5.05. The highest BCUT2D eigenvalue weighted by Crippen LogP contribution is 2.16. The summed E-state index contributed by atoms with van der Waals surface area (Å²) in [5.41, 5.74) is 3.68. The number of amides is 1. The lowest BCUT2D eigenvalue weighted by Gasteiger charge is -2.22. The maximum atomic E-state index is 11.0. The SMILES string of the molecule is C/C=C\N(NC(C)=O)C1=CC=C(Cl)C=CC1. The molecule has 1 N–H and O–H groups in total. The Hall–Kier alpha value is -1.48. The molecule has 0 aromatic heterocycles. The fourth-order valence-electron chi connectivity index (χ4n) is 1.29. The van der Waals surface area contributed by atoms with E-state index in [-0.39, 0.29) is 5.91 Å². The van der Waals surface area contributed by atoms with Crippen molar-refractivity contribution in [2.75, 3.05) is 0 Å². The van der Waals surface area contributed by atoms with Gasteiger partial charge in [-0.2, -0.15) is 0 Å². The summed E-state index contributed by atoms with van der Waals surface area (Å²) in [5, 5.41) is 2.37. The first-order valence-corrected chi connectivity index (χ1v) is 5.43. The Morgan fingerprint density at radius 2 is 2.31 bits per heavy atom. The van der Waals surface area contributed by atoms with Crippen LogP contribution in [0.15, 0.2) is 47.3 Å². The summed E-state index contributed by atoms with van der Waals surface area (Å²) in [6.45, 7) is 3.37. The molecule has 3 nitrogen and oxygen atoms in total. The van der Waals surface area contributed by atoms with E-state index >= 15 is 0 Å². The molecule has 0 radical (unpaired) electrons. The van der Waals surface area contributed by atoms with Crippen molar-refractivity contribution in [2.45, 2.75) is 20.3 Å². The standard InChI is InChI=1S/C12H15ClN2O/c1-3-9-15(14-10(2)16)12-6-4-5-11(13)7-8-12/h3-5,7-9H,6H2,1-2H3,(H,14,16)/b9-3-. The van der Waals surface area contributed by atoms with Crippen LogP contribution in [0.3, 0.4) is 0 Å². The Morgan fingerprint density at radius 1 is 1.56 bits per heavy atom. The van der Waals surface area contributed by atoms with Crippen LogP contribution < -0.4 is 5.43 Å². The van der Waals surface area contributed by atoms with E-state index in [0.29, 0.717) is 5.03 Å². The number of carbonyl (C=O) groups excluding carboxylic acids is 1. The first-order chi connectivity index (χ1) is 7.63. The third-order valence-corrected chi connectivity index (χ3v) is 2.18. The molecule has 0 atom stereocenters. The molecule has 0 saturated carbocycles. The van der Waals surface area contributed by atoms with Gasteiger partial charge in [0.15, 0.2) is 0 Å². The van der Waals surface area contributed by atoms with Gasteiger partial charge in [-0.3, -0.25) is 15.2 Å². The number of halogens is 1. The molecule has 0 aromatic rings. The molecule has 0 heterocycles. The summed E-state index contributed by atoms with van der Waals surface area (Å²) < 4.78 is 0. The van der Waals surface area contributed by atoms with Crippen LogP contribution in [0, 0.1) is 0 Å². The molecule has 16 heavy (non-hydrogen) atoms. The van der Waals surface area contributed by atoms with Crippen molar-refractivity contribution < 1.29 is 4.79 Å². The van der Waals surface area contributed by atoms with Crippen LogP contribution in [0.2, 0.25) is 0 Å². The van der Waals surface area contributed by atoms with Gasteiger partial charge >= 0.3 is 0 Å². The quantitative estimate of drug-likeness (QED) is 0.767. The smallest absolute Gasteiger partial charge is 0.235 e. The summed E-state index contributed by atoms with van der Waals surface area (Å²) in [6, 6.07) is 0. The highest BCUT2D eigenvalue weighted by atomic mass is 35.5. The summed E-state index contributed by atoms with van der Waals surface area (Å²) in [4.78, 5) is 11.0. The normalized spacial score (nSPS) is 15.4. The second-order valence-electron chi connectivity index (χ2n) is 3.34. The fourth-order valence-corrected chi connectivity index (χ4v) is 1.45. The van der Waals surface area contributed by atoms with Gasteiger partial charge < -0.3 is 0 Å². The fraction of sp³-hybridized carbons (Fsp3) is 0.250. The van der Waals surface area contributed by atoms with Gasteiger partial charge in [-0.15, -0.1) is 0 Å². The van der Waals surface area contributed by atoms with Crippen molar-refractivity contribution in [1.29, 1.82) is 0 Å². The van der Waals surface area contributed by atoms with Crippen LogP contribution >= 0.6 is 11.6 Å². The molecule has 1 rings (SSSR count). The van der Waals surface area contributed by atoms with Crippen molar-refractivity contribution >= 4 is 17.5 Å². The zero-order valence-electron chi connectivity index (χ0n) is 9.40. The van der Waals surface area contributed by atoms with E-state index in [9.17, 15) is 4.79 Å². The zero-order chi connectivity index (χ0) is 12.0. The van der Waals surface area contributed by atoms with Gasteiger partial charge in [0.1, 0.15) is 0 Å². The van der Waals surface area contributed by atoms with Crippen LogP contribution in [-0.2, 0) is 4.79 Å². The molecule has 0 saturated heterocycles. The maximum absolute atomic E-state index is 11.0. The molecule has 0 aromatic carbocycles. The monoisotopic (exact) mass is 238 g/mol. The number of nitrogens with one attached hydrogen (secondary N) is 1. The maximum Gasteiger partial charge on any atom is 0.235 e. The van der Waals surface area contributed by atoms with Crippen molar-refractivity contribution in [2.24, 2.45) is 0 Å². The van der Waals surface area contributed by atoms with Gasteiger partial charge in [0, 0.05) is 30.3 Å². The summed E-state index contributed by atoms with van der Waals surface area (Å²) in [5.74, 6) is -0.109. The lowest BCUT2D eigenvalue weighted by atomic mass is 10.3. The molecular formula is C12H15ClN2O. The van der Waals surface area contributed by atoms with E-state index in [2.05, 4.69) is 5.43 Å². The van der Waals surface area contributed by atoms with Gasteiger partial charge in [0.05, 0.1) is 0 Å². The summed E-state index contributed by atoms with van der Waals surface area (Å²) >= 11 is 5.88. The predicted molar refractivity (Wildman–Crippen MR) is 66.2 cm³/mol. The average Bonchev–Trinajstić information content (AvgIpc) is 2.42. The summed E-state index contributed by atoms with van der Waals surface area (Å²) in [6.07, 6.45) is 11.9. The zero-order valence-corrected chi connectivity index (χ0v) is 10.2. The van der Waals surface area contributed by atoms with Gasteiger partial charge in [-0.1, -0.05) is 23.8 Å². The van der Waals surface area contributed by atoms with Crippen LogP contribution in [0.5, 0.6) is 0 Å². The minimum Gasteiger partial charge on any atom is -0.274 e. The second kappa shape index (κ2) is 6.18. The molecule has 1 aliphatic rings. The lowest BCUT2D eigenvalue weighted by molar-refractivity contribution is -0.122. The number of nitrogens with zero attached hydrogens (tertiary/aromatic N) is 1. The predicted octanol–water partition coefficient (Wildman–Crippen LogP) is 2.84. The van der Waals surface area contributed by atoms with Crippen LogP contribution in [0.4, 0.5) is 0 Å². The first kappa shape index (κ1) is 12.6. The molecule has 86 valence electrons. The Kier molecular flexibility index (Phi) is 4.86. The molecule has 0 spiro atoms. The third kappa shape index (κ3) is 3.95. The van der Waals surface area contributed by atoms with E-state index in [1.807, 2.05) is 31.2 Å². The Labute approximate surface area is 101 Å². The van der Waals surface area contributed by atoms with Crippen LogP contribution in [0.1, 0.15) is 20.3 Å². The molecule has 0 bridgehead atoms. The topological polar surface area (TPSA) is 32.3 Å². The van der Waals surface area contributed by atoms with Crippen LogP contribution in [0.25, 0.3) is 0 Å². The molecule has 0 unspecified atom stereocenters. The van der Waals surface area contributed by atoms with Crippen molar-refractivity contribution in [3.8, 4) is 0 Å². The molecule has 1 aliphatic carbocycles. The van der Waals surface area contributed by atoms with Crippen molar-refractivity contribution in [1.82, 2.24) is 10.4 Å². The second-order valence-corrected chi connectivity index (χ2v) is 3.77. The number of hydrogen-bond donors (Lipinski definition) is 1. The number of rotatable bonds is 3. The molecule has 1 amide bonds. The minimum absolute atomic E-state index is 0.109. The number of allylic oxidation sites excluding steroid dienone is 6. The largest absolute Gasteiger partial charge is 0.274 e. The Balaban J connectivity index is 2.86. The number of hydrazine groups is 1. The van der Waals surface area contributed by atoms with E-state index in [1.165, 1.54) is 6.92 Å².